The SMILES string of the molecule is COc1cc(-c2noc(C3CCC(=O)N3Cc3ccccc3F)n2)ccc1OC(C)C. The monoisotopic (exact) mass is 425 g/mol. The van der Waals surface area contributed by atoms with Crippen LogP contribution < -0.4 is 9.47 Å². The summed E-state index contributed by atoms with van der Waals surface area (Å²) in [6.45, 7) is 4.03. The largest absolute Gasteiger partial charge is 0.493 e. The van der Waals surface area contributed by atoms with E-state index in [0.717, 1.165) is 0 Å². The molecule has 1 saturated heterocycles. The molecule has 1 fully saturated rings. The van der Waals surface area contributed by atoms with Gasteiger partial charge >= 0.3 is 0 Å². The summed E-state index contributed by atoms with van der Waals surface area (Å²) < 4.78 is 30.8. The van der Waals surface area contributed by atoms with E-state index in [9.17, 15) is 9.18 Å². The van der Waals surface area contributed by atoms with Crippen LogP contribution in [0.1, 0.15) is 44.2 Å². The molecular formula is C23H24FN3O4. The Morgan fingerprint density at radius 2 is 2.03 bits per heavy atom. The number of nitrogens with zero attached hydrogens (tertiary/aromatic N) is 3. The van der Waals surface area contributed by atoms with Crippen molar-refractivity contribution in [2.24, 2.45) is 0 Å². The van der Waals surface area contributed by atoms with Gasteiger partial charge < -0.3 is 18.9 Å². The van der Waals surface area contributed by atoms with E-state index in [1.807, 2.05) is 19.9 Å². The van der Waals surface area contributed by atoms with E-state index in [2.05, 4.69) is 10.1 Å². The van der Waals surface area contributed by atoms with Gasteiger partial charge in [-0.1, -0.05) is 23.4 Å². The normalized spacial score (nSPS) is 16.2. The number of carbonyl (C=O) groups is 1. The predicted octanol–water partition coefficient (Wildman–Crippen LogP) is 4.54. The molecule has 1 unspecified atom stereocenters. The minimum atomic E-state index is -0.390. The summed E-state index contributed by atoms with van der Waals surface area (Å²) in [5.74, 6) is 1.50. The van der Waals surface area contributed by atoms with Crippen LogP contribution >= 0.6 is 0 Å². The number of hydrogen-bond acceptors (Lipinski definition) is 6. The standard InChI is InChI=1S/C23H24FN3O4/c1-14(2)30-19-10-8-15(12-20(19)29-3)22-25-23(31-26-22)18-9-11-21(28)27(18)13-16-6-4-5-7-17(16)24/h4-8,10,12,14,18H,9,11,13H2,1-3H3. The lowest BCUT2D eigenvalue weighted by molar-refractivity contribution is -0.130. The van der Waals surface area contributed by atoms with E-state index in [1.54, 1.807) is 42.3 Å². The van der Waals surface area contributed by atoms with Gasteiger partial charge in [0, 0.05) is 24.1 Å². The molecule has 1 aliphatic rings. The minimum Gasteiger partial charge on any atom is -0.493 e. The molecule has 7 nitrogen and oxygen atoms in total. The van der Waals surface area contributed by atoms with Gasteiger partial charge in [-0.05, 0) is 44.5 Å². The van der Waals surface area contributed by atoms with E-state index < -0.39 is 6.04 Å². The predicted molar refractivity (Wildman–Crippen MR) is 111 cm³/mol. The van der Waals surface area contributed by atoms with Crippen molar-refractivity contribution >= 4 is 5.91 Å². The Balaban J connectivity index is 1.58. The lowest BCUT2D eigenvalue weighted by Crippen LogP contribution is -2.27. The molecule has 162 valence electrons. The highest BCUT2D eigenvalue weighted by Crippen LogP contribution is 2.36. The van der Waals surface area contributed by atoms with Crippen LogP contribution in [0.3, 0.4) is 0 Å². The average Bonchev–Trinajstić information content (AvgIpc) is 3.37. The second-order valence-electron chi connectivity index (χ2n) is 7.66. The quantitative estimate of drug-likeness (QED) is 0.553. The molecule has 0 aliphatic carbocycles. The number of methoxy groups -OCH3 is 1. The maximum absolute atomic E-state index is 14.1. The molecule has 0 spiro atoms. The molecule has 0 bridgehead atoms. The first-order valence-electron chi connectivity index (χ1n) is 10.2. The third kappa shape index (κ3) is 4.38. The zero-order valence-corrected chi connectivity index (χ0v) is 17.7. The van der Waals surface area contributed by atoms with Gasteiger partial charge in [-0.25, -0.2) is 4.39 Å². The molecular weight excluding hydrogens is 401 g/mol. The number of benzene rings is 2. The van der Waals surface area contributed by atoms with Crippen molar-refractivity contribution in [1.82, 2.24) is 15.0 Å². The molecule has 0 saturated carbocycles. The van der Waals surface area contributed by atoms with E-state index in [-0.39, 0.29) is 24.4 Å². The topological polar surface area (TPSA) is 77.7 Å². The number of likely N-dealkylation sites (tertiary alicyclic amines) is 1. The van der Waals surface area contributed by atoms with Gasteiger partial charge in [0.05, 0.1) is 13.2 Å². The first-order valence-corrected chi connectivity index (χ1v) is 10.2. The summed E-state index contributed by atoms with van der Waals surface area (Å²) in [6.07, 6.45) is 0.905. The van der Waals surface area contributed by atoms with Crippen LogP contribution in [0.5, 0.6) is 11.5 Å². The maximum Gasteiger partial charge on any atom is 0.249 e. The first kappa shape index (κ1) is 20.8. The van der Waals surface area contributed by atoms with Crippen molar-refractivity contribution in [3.63, 3.8) is 0 Å². The maximum atomic E-state index is 14.1. The van der Waals surface area contributed by atoms with Gasteiger partial charge in [0.1, 0.15) is 11.9 Å². The Kier molecular flexibility index (Phi) is 5.88. The number of carbonyl (C=O) groups excluding carboxylic acids is 1. The average molecular weight is 425 g/mol. The highest BCUT2D eigenvalue weighted by Gasteiger charge is 2.36. The summed E-state index contributed by atoms with van der Waals surface area (Å²) in [5.41, 5.74) is 1.15. The molecule has 1 amide bonds. The van der Waals surface area contributed by atoms with Crippen LogP contribution in [-0.4, -0.2) is 34.2 Å². The van der Waals surface area contributed by atoms with Gasteiger partial charge in [-0.3, -0.25) is 4.79 Å². The molecule has 0 N–H and O–H groups in total. The lowest BCUT2D eigenvalue weighted by atomic mass is 10.1. The van der Waals surface area contributed by atoms with Gasteiger partial charge in [-0.15, -0.1) is 0 Å². The third-order valence-corrected chi connectivity index (χ3v) is 5.14. The van der Waals surface area contributed by atoms with Crippen LogP contribution in [0.25, 0.3) is 11.4 Å². The Hall–Kier alpha value is -3.42. The van der Waals surface area contributed by atoms with Crippen molar-refractivity contribution in [1.29, 1.82) is 0 Å². The molecule has 4 rings (SSSR count). The molecule has 1 aromatic heterocycles. The number of halogens is 1. The van der Waals surface area contributed by atoms with Crippen LogP contribution in [0.4, 0.5) is 4.39 Å². The molecule has 0 radical (unpaired) electrons. The van der Waals surface area contributed by atoms with Gasteiger partial charge in [0.2, 0.25) is 17.6 Å². The highest BCUT2D eigenvalue weighted by atomic mass is 19.1. The fourth-order valence-corrected chi connectivity index (χ4v) is 3.64. The zero-order chi connectivity index (χ0) is 22.0. The number of amides is 1. The van der Waals surface area contributed by atoms with Crippen LogP contribution in [0, 0.1) is 5.82 Å². The Morgan fingerprint density at radius 1 is 1.23 bits per heavy atom. The number of ether oxygens (including phenoxy) is 2. The second-order valence-corrected chi connectivity index (χ2v) is 7.66. The summed E-state index contributed by atoms with van der Waals surface area (Å²) in [7, 11) is 1.57. The van der Waals surface area contributed by atoms with Crippen LogP contribution in [0.2, 0.25) is 0 Å². The van der Waals surface area contributed by atoms with Gasteiger partial charge in [-0.2, -0.15) is 4.98 Å². The van der Waals surface area contributed by atoms with Crippen molar-refractivity contribution < 1.29 is 23.2 Å². The Morgan fingerprint density at radius 3 is 2.77 bits per heavy atom. The fourth-order valence-electron chi connectivity index (χ4n) is 3.64. The Bertz CT molecular complexity index is 1080. The third-order valence-electron chi connectivity index (χ3n) is 5.14. The molecule has 1 atom stereocenters. The van der Waals surface area contributed by atoms with Crippen LogP contribution in [0.15, 0.2) is 47.0 Å². The molecule has 3 aromatic rings. The number of aromatic nitrogens is 2. The summed E-state index contributed by atoms with van der Waals surface area (Å²) in [4.78, 5) is 18.6. The molecule has 8 heteroatoms. The van der Waals surface area contributed by atoms with Gasteiger partial charge in [0.15, 0.2) is 11.5 Å². The van der Waals surface area contributed by atoms with Crippen molar-refractivity contribution in [2.45, 2.75) is 45.4 Å². The highest BCUT2D eigenvalue weighted by molar-refractivity contribution is 5.79. The smallest absolute Gasteiger partial charge is 0.249 e. The van der Waals surface area contributed by atoms with Crippen molar-refractivity contribution in [3.8, 4) is 22.9 Å². The minimum absolute atomic E-state index is 0.0110. The summed E-state index contributed by atoms with van der Waals surface area (Å²) in [5, 5.41) is 4.09. The molecule has 2 aromatic carbocycles. The summed E-state index contributed by atoms with van der Waals surface area (Å²) >= 11 is 0. The lowest BCUT2D eigenvalue weighted by Gasteiger charge is -2.22. The first-order chi connectivity index (χ1) is 15.0. The Labute approximate surface area is 179 Å². The zero-order valence-electron chi connectivity index (χ0n) is 17.7. The van der Waals surface area contributed by atoms with E-state index in [1.165, 1.54) is 6.07 Å². The molecule has 1 aliphatic heterocycles. The van der Waals surface area contributed by atoms with E-state index in [4.69, 9.17) is 14.0 Å². The second kappa shape index (κ2) is 8.75. The van der Waals surface area contributed by atoms with E-state index >= 15 is 0 Å². The van der Waals surface area contributed by atoms with Crippen LogP contribution in [-0.2, 0) is 11.3 Å². The fraction of sp³-hybridized carbons (Fsp3) is 0.348. The number of hydrogen-bond donors (Lipinski definition) is 0. The van der Waals surface area contributed by atoms with Gasteiger partial charge in [0.25, 0.3) is 0 Å². The molecule has 2 heterocycles. The summed E-state index contributed by atoms with van der Waals surface area (Å²) in [6, 6.07) is 11.4. The number of rotatable bonds is 7. The molecule has 31 heavy (non-hydrogen) atoms. The van der Waals surface area contributed by atoms with Crippen molar-refractivity contribution in [2.75, 3.05) is 7.11 Å². The van der Waals surface area contributed by atoms with Crippen molar-refractivity contribution in [3.05, 3.63) is 59.7 Å². The van der Waals surface area contributed by atoms with E-state index in [0.29, 0.717) is 47.2 Å².